The van der Waals surface area contributed by atoms with Crippen molar-refractivity contribution in [3.8, 4) is 0 Å². The normalized spacial score (nSPS) is 14.7. The molecule has 0 bridgehead atoms. The molecule has 0 saturated heterocycles. The van der Waals surface area contributed by atoms with Crippen molar-refractivity contribution < 1.29 is 22.3 Å². The summed E-state index contributed by atoms with van der Waals surface area (Å²) in [6, 6.07) is 0. The van der Waals surface area contributed by atoms with Gasteiger partial charge in [-0.15, -0.1) is 8.42 Å². The first-order chi connectivity index (χ1) is 4.39. The highest BCUT2D eigenvalue weighted by Crippen LogP contribution is 2.03. The minimum absolute atomic E-state index is 0.174. The lowest BCUT2D eigenvalue weighted by atomic mass is 10.6. The van der Waals surface area contributed by atoms with Crippen LogP contribution in [0, 0.1) is 0 Å². The van der Waals surface area contributed by atoms with Gasteiger partial charge in [-0.2, -0.15) is 0 Å². The molecule has 0 amide bonds. The van der Waals surface area contributed by atoms with Gasteiger partial charge in [0.2, 0.25) is 0 Å². The van der Waals surface area contributed by atoms with Crippen molar-refractivity contribution in [2.45, 2.75) is 13.3 Å². The van der Waals surface area contributed by atoms with Gasteiger partial charge in [0.05, 0.1) is 6.42 Å². The Morgan fingerprint density at radius 1 is 1.70 bits per heavy atom. The van der Waals surface area contributed by atoms with E-state index in [-0.39, 0.29) is 6.42 Å². The highest BCUT2D eigenvalue weighted by molar-refractivity contribution is 8.70. The van der Waals surface area contributed by atoms with Gasteiger partial charge in [-0.25, -0.2) is 9.35 Å². The van der Waals surface area contributed by atoms with Crippen molar-refractivity contribution in [3.05, 3.63) is 0 Å². The zero-order valence-electron chi connectivity index (χ0n) is 5.10. The van der Waals surface area contributed by atoms with Crippen LogP contribution in [-0.4, -0.2) is 22.6 Å². The molecule has 1 unspecified atom stereocenters. The van der Waals surface area contributed by atoms with Crippen LogP contribution in [0.1, 0.15) is 13.3 Å². The first kappa shape index (κ1) is 9.89. The molecule has 1 atom stereocenters. The molecule has 0 rings (SSSR count). The number of carbonyl (C=O) groups is 1. The van der Waals surface area contributed by atoms with Crippen LogP contribution in [0.5, 0.6) is 0 Å². The molecule has 7 heteroatoms. The molecule has 0 aliphatic rings. The standard InChI is InChI=1S/C3H6O5S2/c1-2-3(4)9(5)10(6,7)8/h2H2,1H3,(H,6,7,8). The van der Waals surface area contributed by atoms with E-state index in [1.807, 2.05) is 0 Å². The average molecular weight is 186 g/mol. The Kier molecular flexibility index (Phi) is 3.29. The Morgan fingerprint density at radius 3 is 2.20 bits per heavy atom. The quantitative estimate of drug-likeness (QED) is 0.355. The molecule has 10 heavy (non-hydrogen) atoms. The Balaban J connectivity index is 4.39. The van der Waals surface area contributed by atoms with E-state index in [9.17, 15) is 17.8 Å². The third-order valence-electron chi connectivity index (χ3n) is 0.666. The summed E-state index contributed by atoms with van der Waals surface area (Å²) in [5.74, 6) is 0. The summed E-state index contributed by atoms with van der Waals surface area (Å²) in [6.45, 7) is 1.35. The van der Waals surface area contributed by atoms with Gasteiger partial charge in [0, 0.05) is 0 Å². The lowest BCUT2D eigenvalue weighted by Crippen LogP contribution is -2.22. The average Bonchev–Trinajstić information content (AvgIpc) is 1.83. The SMILES string of the molecule is CCC(=O)[S+]([O-])S(=O)(=O)O. The monoisotopic (exact) mass is 186 g/mol. The molecule has 0 aliphatic heterocycles. The van der Waals surface area contributed by atoms with Crippen LogP contribution in [0.4, 0.5) is 0 Å². The second kappa shape index (κ2) is 3.33. The van der Waals surface area contributed by atoms with Gasteiger partial charge in [-0.3, -0.25) is 0 Å². The summed E-state index contributed by atoms with van der Waals surface area (Å²) in [5.41, 5.74) is 0. The summed E-state index contributed by atoms with van der Waals surface area (Å²) in [4.78, 5) is 10.3. The molecule has 0 spiro atoms. The molecule has 5 nitrogen and oxygen atoms in total. The predicted molar refractivity (Wildman–Crippen MR) is 35.0 cm³/mol. The fraction of sp³-hybridized carbons (Fsp3) is 0.667. The van der Waals surface area contributed by atoms with E-state index in [0.717, 1.165) is 0 Å². The maximum absolute atomic E-state index is 10.3. The van der Waals surface area contributed by atoms with E-state index >= 15 is 0 Å². The largest absolute Gasteiger partial charge is 0.592 e. The Hall–Kier alpha value is -0.110. The van der Waals surface area contributed by atoms with Gasteiger partial charge in [0.15, 0.2) is 10.2 Å². The molecule has 60 valence electrons. The summed E-state index contributed by atoms with van der Waals surface area (Å²) in [7, 11) is -7.48. The maximum atomic E-state index is 10.3. The maximum Gasteiger partial charge on any atom is 0.453 e. The van der Waals surface area contributed by atoms with Crippen LogP contribution in [0.25, 0.3) is 0 Å². The Labute approximate surface area is 60.8 Å². The lowest BCUT2D eigenvalue weighted by molar-refractivity contribution is -0.111. The molecular formula is C3H6O5S2. The number of rotatable bonds is 2. The van der Waals surface area contributed by atoms with E-state index in [4.69, 9.17) is 4.55 Å². The molecule has 0 aromatic carbocycles. The van der Waals surface area contributed by atoms with Crippen molar-refractivity contribution in [1.82, 2.24) is 0 Å². The van der Waals surface area contributed by atoms with Crippen LogP contribution < -0.4 is 0 Å². The minimum Gasteiger partial charge on any atom is -0.592 e. The highest BCUT2D eigenvalue weighted by atomic mass is 33.2. The topological polar surface area (TPSA) is 94.5 Å². The minimum atomic E-state index is -4.69. The van der Waals surface area contributed by atoms with E-state index in [0.29, 0.717) is 0 Å². The summed E-state index contributed by atoms with van der Waals surface area (Å²) in [5, 5.41) is -0.998. The van der Waals surface area contributed by atoms with Gasteiger partial charge >= 0.3 is 14.3 Å². The van der Waals surface area contributed by atoms with Crippen molar-refractivity contribution in [2.24, 2.45) is 0 Å². The van der Waals surface area contributed by atoms with Crippen LogP contribution in [-0.2, 0) is 24.2 Å². The van der Waals surface area contributed by atoms with Crippen molar-refractivity contribution in [2.75, 3.05) is 0 Å². The summed E-state index contributed by atoms with van der Waals surface area (Å²) in [6.07, 6.45) is -0.174. The molecule has 0 radical (unpaired) electrons. The van der Waals surface area contributed by atoms with E-state index < -0.39 is 24.5 Å². The lowest BCUT2D eigenvalue weighted by Gasteiger charge is -1.99. The number of hydrogen-bond donors (Lipinski definition) is 1. The predicted octanol–water partition coefficient (Wildman–Crippen LogP) is -0.525. The molecule has 0 aromatic heterocycles. The highest BCUT2D eigenvalue weighted by Gasteiger charge is 2.31. The fourth-order valence-electron chi connectivity index (χ4n) is 0.235. The zero-order valence-corrected chi connectivity index (χ0v) is 6.74. The van der Waals surface area contributed by atoms with Gasteiger partial charge in [0.1, 0.15) is 0 Å². The van der Waals surface area contributed by atoms with E-state index in [2.05, 4.69) is 0 Å². The van der Waals surface area contributed by atoms with Crippen LogP contribution in [0.3, 0.4) is 0 Å². The second-order valence-electron chi connectivity index (χ2n) is 1.39. The van der Waals surface area contributed by atoms with Gasteiger partial charge in [-0.05, 0) is 0 Å². The second-order valence-corrected chi connectivity index (χ2v) is 5.34. The number of carbonyl (C=O) groups excluding carboxylic acids is 1. The smallest absolute Gasteiger partial charge is 0.453 e. The van der Waals surface area contributed by atoms with Crippen molar-refractivity contribution >= 4 is 24.5 Å². The Bertz CT molecular complexity index is 217. The zero-order chi connectivity index (χ0) is 8.36. The summed E-state index contributed by atoms with van der Waals surface area (Å²) < 4.78 is 38.3. The van der Waals surface area contributed by atoms with Crippen LogP contribution in [0.2, 0.25) is 0 Å². The Morgan fingerprint density at radius 2 is 2.10 bits per heavy atom. The van der Waals surface area contributed by atoms with Crippen LogP contribution >= 0.6 is 0 Å². The molecule has 0 heterocycles. The number of hydrogen-bond acceptors (Lipinski definition) is 4. The van der Waals surface area contributed by atoms with Gasteiger partial charge in [-0.1, -0.05) is 6.92 Å². The molecule has 0 aliphatic carbocycles. The third-order valence-corrected chi connectivity index (χ3v) is 3.41. The third kappa shape index (κ3) is 2.65. The van der Waals surface area contributed by atoms with E-state index in [1.165, 1.54) is 6.92 Å². The summed E-state index contributed by atoms with van der Waals surface area (Å²) >= 11 is 0. The molecule has 1 N–H and O–H groups in total. The van der Waals surface area contributed by atoms with Crippen molar-refractivity contribution in [1.29, 1.82) is 0 Å². The molecular weight excluding hydrogens is 180 g/mol. The van der Waals surface area contributed by atoms with Crippen molar-refractivity contribution in [3.63, 3.8) is 0 Å². The molecule has 0 fully saturated rings. The van der Waals surface area contributed by atoms with Crippen LogP contribution in [0.15, 0.2) is 0 Å². The van der Waals surface area contributed by atoms with E-state index in [1.54, 1.807) is 0 Å². The first-order valence-electron chi connectivity index (χ1n) is 2.32. The molecule has 0 saturated carbocycles. The van der Waals surface area contributed by atoms with Gasteiger partial charge < -0.3 is 4.55 Å². The first-order valence-corrected chi connectivity index (χ1v) is 5.42. The van der Waals surface area contributed by atoms with Gasteiger partial charge in [0.25, 0.3) is 0 Å². The molecule has 0 aromatic rings. The fourth-order valence-corrected chi connectivity index (χ4v) is 1.76.